The van der Waals surface area contributed by atoms with Crippen molar-refractivity contribution in [3.05, 3.63) is 29.8 Å². The van der Waals surface area contributed by atoms with Gasteiger partial charge in [-0.05, 0) is 49.9 Å². The zero-order valence-electron chi connectivity index (χ0n) is 13.6. The van der Waals surface area contributed by atoms with Crippen LogP contribution < -0.4 is 10.1 Å². The van der Waals surface area contributed by atoms with E-state index in [1.54, 1.807) is 0 Å². The summed E-state index contributed by atoms with van der Waals surface area (Å²) in [6, 6.07) is 8.56. The topological polar surface area (TPSA) is 21.3 Å². The zero-order valence-corrected chi connectivity index (χ0v) is 13.6. The highest BCUT2D eigenvalue weighted by Gasteiger charge is 2.05. The van der Waals surface area contributed by atoms with Gasteiger partial charge in [0, 0.05) is 6.54 Å². The molecule has 0 aliphatic rings. The number of benzene rings is 1. The van der Waals surface area contributed by atoms with E-state index in [9.17, 15) is 0 Å². The first-order valence-corrected chi connectivity index (χ1v) is 8.14. The lowest BCUT2D eigenvalue weighted by molar-refractivity contribution is 0.217. The number of hydrogen-bond donors (Lipinski definition) is 1. The van der Waals surface area contributed by atoms with Crippen LogP contribution in [0.5, 0.6) is 5.75 Å². The van der Waals surface area contributed by atoms with Gasteiger partial charge in [-0.3, -0.25) is 0 Å². The maximum Gasteiger partial charge on any atom is 0.119 e. The predicted molar refractivity (Wildman–Crippen MR) is 87.6 cm³/mol. The van der Waals surface area contributed by atoms with Crippen LogP contribution in [0.4, 0.5) is 0 Å². The molecular formula is C18H31NO. The van der Waals surface area contributed by atoms with Crippen molar-refractivity contribution >= 4 is 0 Å². The Labute approximate surface area is 124 Å². The molecule has 0 spiro atoms. The molecule has 114 valence electrons. The number of nitrogens with one attached hydrogen (secondary N) is 1. The Bertz CT molecular complexity index is 347. The molecule has 2 atom stereocenters. The molecule has 0 heterocycles. The van der Waals surface area contributed by atoms with Gasteiger partial charge >= 0.3 is 0 Å². The summed E-state index contributed by atoms with van der Waals surface area (Å²) >= 11 is 0. The van der Waals surface area contributed by atoms with E-state index in [1.165, 1.54) is 31.2 Å². The summed E-state index contributed by atoms with van der Waals surface area (Å²) in [5.74, 6) is 1.60. The molecule has 0 fully saturated rings. The van der Waals surface area contributed by atoms with Crippen molar-refractivity contribution in [1.82, 2.24) is 5.32 Å². The molecule has 0 radical (unpaired) electrons. The van der Waals surface area contributed by atoms with E-state index >= 15 is 0 Å². The fraction of sp³-hybridized carbons (Fsp3) is 0.667. The standard InChI is InChI=1S/C18H31NO/c1-5-7-8-13-19-14-16(4)20-18-11-9-17(10-12-18)15(3)6-2/h9-12,15-16,19H,5-8,13-14H2,1-4H3. The van der Waals surface area contributed by atoms with Gasteiger partial charge in [0.25, 0.3) is 0 Å². The Balaban J connectivity index is 2.29. The van der Waals surface area contributed by atoms with Crippen molar-refractivity contribution in [1.29, 1.82) is 0 Å². The van der Waals surface area contributed by atoms with E-state index in [-0.39, 0.29) is 6.10 Å². The van der Waals surface area contributed by atoms with E-state index in [4.69, 9.17) is 4.74 Å². The number of ether oxygens (including phenoxy) is 1. The fourth-order valence-corrected chi connectivity index (χ4v) is 2.19. The lowest BCUT2D eigenvalue weighted by Gasteiger charge is -2.16. The van der Waals surface area contributed by atoms with Crippen LogP contribution in [-0.4, -0.2) is 19.2 Å². The van der Waals surface area contributed by atoms with Crippen molar-refractivity contribution in [3.8, 4) is 5.75 Å². The minimum Gasteiger partial charge on any atom is -0.489 e. The normalized spacial score (nSPS) is 14.0. The van der Waals surface area contributed by atoms with Crippen molar-refractivity contribution in [3.63, 3.8) is 0 Å². The summed E-state index contributed by atoms with van der Waals surface area (Å²) in [7, 11) is 0. The minimum atomic E-state index is 0.214. The monoisotopic (exact) mass is 277 g/mol. The molecule has 1 rings (SSSR count). The van der Waals surface area contributed by atoms with Gasteiger partial charge in [0.2, 0.25) is 0 Å². The predicted octanol–water partition coefficient (Wildman–Crippen LogP) is 4.75. The Kier molecular flexibility index (Phi) is 8.36. The van der Waals surface area contributed by atoms with Gasteiger partial charge in [0.1, 0.15) is 11.9 Å². The Morgan fingerprint density at radius 3 is 2.35 bits per heavy atom. The molecule has 1 aromatic rings. The molecule has 2 unspecified atom stereocenters. The van der Waals surface area contributed by atoms with Gasteiger partial charge < -0.3 is 10.1 Å². The van der Waals surface area contributed by atoms with Crippen LogP contribution in [0.25, 0.3) is 0 Å². The van der Waals surface area contributed by atoms with Crippen LogP contribution in [0, 0.1) is 0 Å². The number of hydrogen-bond acceptors (Lipinski definition) is 2. The maximum atomic E-state index is 5.93. The summed E-state index contributed by atoms with van der Waals surface area (Å²) in [6.07, 6.45) is 5.23. The van der Waals surface area contributed by atoms with Gasteiger partial charge in [-0.15, -0.1) is 0 Å². The first-order chi connectivity index (χ1) is 9.67. The molecule has 0 aliphatic heterocycles. The third kappa shape index (κ3) is 6.42. The lowest BCUT2D eigenvalue weighted by Crippen LogP contribution is -2.29. The van der Waals surface area contributed by atoms with E-state index in [2.05, 4.69) is 57.3 Å². The molecule has 1 N–H and O–H groups in total. The second-order valence-electron chi connectivity index (χ2n) is 5.72. The van der Waals surface area contributed by atoms with Crippen LogP contribution in [0.15, 0.2) is 24.3 Å². The molecule has 0 aromatic heterocycles. The van der Waals surface area contributed by atoms with Gasteiger partial charge in [0.15, 0.2) is 0 Å². The van der Waals surface area contributed by atoms with E-state index in [0.717, 1.165) is 18.8 Å². The molecule has 0 saturated carbocycles. The molecular weight excluding hydrogens is 246 g/mol. The Morgan fingerprint density at radius 1 is 1.05 bits per heavy atom. The molecule has 20 heavy (non-hydrogen) atoms. The first kappa shape index (κ1) is 17.0. The van der Waals surface area contributed by atoms with Crippen molar-refractivity contribution in [2.45, 2.75) is 65.4 Å². The molecule has 0 saturated heterocycles. The minimum absolute atomic E-state index is 0.214. The summed E-state index contributed by atoms with van der Waals surface area (Å²) in [5, 5.41) is 3.45. The summed E-state index contributed by atoms with van der Waals surface area (Å²) in [6.45, 7) is 10.8. The van der Waals surface area contributed by atoms with Crippen LogP contribution in [0.3, 0.4) is 0 Å². The summed E-state index contributed by atoms with van der Waals surface area (Å²) in [5.41, 5.74) is 1.39. The van der Waals surface area contributed by atoms with Gasteiger partial charge in [0.05, 0.1) is 0 Å². The lowest BCUT2D eigenvalue weighted by atomic mass is 9.99. The van der Waals surface area contributed by atoms with Crippen LogP contribution in [-0.2, 0) is 0 Å². The maximum absolute atomic E-state index is 5.93. The third-order valence-electron chi connectivity index (χ3n) is 3.79. The molecule has 2 nitrogen and oxygen atoms in total. The quantitative estimate of drug-likeness (QED) is 0.623. The first-order valence-electron chi connectivity index (χ1n) is 8.14. The number of unbranched alkanes of at least 4 members (excludes halogenated alkanes) is 2. The summed E-state index contributed by atoms with van der Waals surface area (Å²) < 4.78 is 5.93. The molecule has 0 aliphatic carbocycles. The smallest absolute Gasteiger partial charge is 0.119 e. The van der Waals surface area contributed by atoms with Crippen molar-refractivity contribution in [2.24, 2.45) is 0 Å². The highest BCUT2D eigenvalue weighted by atomic mass is 16.5. The van der Waals surface area contributed by atoms with E-state index in [0.29, 0.717) is 5.92 Å². The van der Waals surface area contributed by atoms with Gasteiger partial charge in [-0.2, -0.15) is 0 Å². The average Bonchev–Trinajstić information content (AvgIpc) is 2.47. The molecule has 2 heteroatoms. The molecule has 0 bridgehead atoms. The number of rotatable bonds is 10. The largest absolute Gasteiger partial charge is 0.489 e. The summed E-state index contributed by atoms with van der Waals surface area (Å²) in [4.78, 5) is 0. The van der Waals surface area contributed by atoms with Gasteiger partial charge in [-0.1, -0.05) is 45.7 Å². The van der Waals surface area contributed by atoms with E-state index < -0.39 is 0 Å². The second kappa shape index (κ2) is 9.82. The Morgan fingerprint density at radius 2 is 1.75 bits per heavy atom. The van der Waals surface area contributed by atoms with Crippen LogP contribution in [0.1, 0.15) is 64.9 Å². The highest BCUT2D eigenvalue weighted by Crippen LogP contribution is 2.21. The zero-order chi connectivity index (χ0) is 14.8. The van der Waals surface area contributed by atoms with Crippen LogP contribution in [0.2, 0.25) is 0 Å². The average molecular weight is 277 g/mol. The molecule has 1 aromatic carbocycles. The SMILES string of the molecule is CCCCCNCC(C)Oc1ccc(C(C)CC)cc1. The van der Waals surface area contributed by atoms with Crippen LogP contribution >= 0.6 is 0 Å². The second-order valence-corrected chi connectivity index (χ2v) is 5.72. The van der Waals surface area contributed by atoms with E-state index in [1.807, 2.05) is 0 Å². The third-order valence-corrected chi connectivity index (χ3v) is 3.79. The molecule has 0 amide bonds. The van der Waals surface area contributed by atoms with Crippen molar-refractivity contribution in [2.75, 3.05) is 13.1 Å². The van der Waals surface area contributed by atoms with Crippen molar-refractivity contribution < 1.29 is 4.74 Å². The highest BCUT2D eigenvalue weighted by molar-refractivity contribution is 5.29. The van der Waals surface area contributed by atoms with Gasteiger partial charge in [-0.25, -0.2) is 0 Å². The fourth-order valence-electron chi connectivity index (χ4n) is 2.19. The Hall–Kier alpha value is -1.02.